The topological polar surface area (TPSA) is 95.1 Å². The fourth-order valence-electron chi connectivity index (χ4n) is 3.81. The molecule has 0 bridgehead atoms. The number of benzene rings is 3. The van der Waals surface area contributed by atoms with Crippen LogP contribution in [-0.4, -0.2) is 38.5 Å². The van der Waals surface area contributed by atoms with Gasteiger partial charge in [0.25, 0.3) is 5.22 Å². The lowest BCUT2D eigenvalue weighted by Crippen LogP contribution is -2.32. The van der Waals surface area contributed by atoms with Gasteiger partial charge >= 0.3 is 0 Å². The number of carbonyl (C=O) groups is 1. The van der Waals surface area contributed by atoms with Crippen molar-refractivity contribution in [2.24, 2.45) is 7.05 Å². The molecular weight excluding hydrogens is 462 g/mol. The van der Waals surface area contributed by atoms with E-state index in [1.54, 1.807) is 7.11 Å². The lowest BCUT2D eigenvalue weighted by Gasteiger charge is -2.19. The van der Waals surface area contributed by atoms with Crippen LogP contribution in [0, 0.1) is 0 Å². The first-order chi connectivity index (χ1) is 17.1. The number of methoxy groups -OCH3 is 1. The summed E-state index contributed by atoms with van der Waals surface area (Å²) in [4.78, 5) is 17.8. The normalized spacial score (nSPS) is 11.9. The minimum Gasteiger partial charge on any atom is -0.497 e. The second-order valence-electron chi connectivity index (χ2n) is 7.82. The van der Waals surface area contributed by atoms with Crippen LogP contribution in [0.5, 0.6) is 5.75 Å². The summed E-state index contributed by atoms with van der Waals surface area (Å²) >= 11 is 1.19. The molecule has 0 radical (unpaired) electrons. The van der Waals surface area contributed by atoms with Gasteiger partial charge in [0.2, 0.25) is 11.8 Å². The molecule has 1 N–H and O–H groups in total. The molecule has 5 rings (SSSR count). The van der Waals surface area contributed by atoms with E-state index in [2.05, 4.69) is 15.5 Å². The van der Waals surface area contributed by atoms with Gasteiger partial charge in [0.05, 0.1) is 23.9 Å². The molecule has 8 nitrogen and oxygen atoms in total. The van der Waals surface area contributed by atoms with Gasteiger partial charge in [-0.15, -0.1) is 10.2 Å². The van der Waals surface area contributed by atoms with Crippen molar-refractivity contribution in [2.45, 2.75) is 11.3 Å². The Morgan fingerprint density at radius 3 is 2.51 bits per heavy atom. The summed E-state index contributed by atoms with van der Waals surface area (Å²) in [6.07, 6.45) is 0. The Kier molecular flexibility index (Phi) is 6.49. The summed E-state index contributed by atoms with van der Waals surface area (Å²) in [6, 6.07) is 24.7. The summed E-state index contributed by atoms with van der Waals surface area (Å²) in [5, 5.41) is 11.6. The van der Waals surface area contributed by atoms with Crippen LogP contribution in [0.4, 0.5) is 0 Å². The number of nitrogens with one attached hydrogen (secondary N) is 1. The maximum absolute atomic E-state index is 13.0. The summed E-state index contributed by atoms with van der Waals surface area (Å²) in [6.45, 7) is 0. The highest BCUT2D eigenvalue weighted by Gasteiger charge is 2.23. The summed E-state index contributed by atoms with van der Waals surface area (Å²) in [7, 11) is 3.57. The van der Waals surface area contributed by atoms with E-state index in [4.69, 9.17) is 14.1 Å². The number of aromatic nitrogens is 4. The Hall–Kier alpha value is -4.11. The van der Waals surface area contributed by atoms with E-state index in [0.717, 1.165) is 33.7 Å². The first-order valence-corrected chi connectivity index (χ1v) is 12.0. The molecule has 0 aliphatic rings. The smallest absolute Gasteiger partial charge is 0.277 e. The SMILES string of the molecule is COc1ccc(-c2nnc(SCC(=O)NC(c3ccccc3)c3nc4ccccc4n3C)o2)cc1. The number of amides is 1. The van der Waals surface area contributed by atoms with E-state index in [9.17, 15) is 4.79 Å². The number of nitrogens with zero attached hydrogens (tertiary/aromatic N) is 4. The number of fused-ring (bicyclic) bond motifs is 1. The van der Waals surface area contributed by atoms with Gasteiger partial charge in [-0.1, -0.05) is 54.2 Å². The molecular formula is C26H23N5O3S. The average Bonchev–Trinajstić information content (AvgIpc) is 3.51. The number of hydrogen-bond donors (Lipinski definition) is 1. The van der Waals surface area contributed by atoms with E-state index >= 15 is 0 Å². The maximum atomic E-state index is 13.0. The molecule has 3 aromatic carbocycles. The molecule has 0 aliphatic heterocycles. The van der Waals surface area contributed by atoms with Gasteiger partial charge < -0.3 is 19.0 Å². The van der Waals surface area contributed by atoms with E-state index in [-0.39, 0.29) is 11.7 Å². The van der Waals surface area contributed by atoms with Gasteiger partial charge in [-0.25, -0.2) is 4.98 Å². The van der Waals surface area contributed by atoms with Gasteiger partial charge in [-0.05, 0) is 42.0 Å². The molecule has 2 aromatic heterocycles. The van der Waals surface area contributed by atoms with Crippen LogP contribution in [0.1, 0.15) is 17.4 Å². The summed E-state index contributed by atoms with van der Waals surface area (Å²) < 4.78 is 12.9. The van der Waals surface area contributed by atoms with Crippen LogP contribution in [0.3, 0.4) is 0 Å². The summed E-state index contributed by atoms with van der Waals surface area (Å²) in [5.41, 5.74) is 3.61. The second kappa shape index (κ2) is 10.0. The highest BCUT2D eigenvalue weighted by Crippen LogP contribution is 2.27. The molecule has 5 aromatic rings. The largest absolute Gasteiger partial charge is 0.497 e. The van der Waals surface area contributed by atoms with Crippen molar-refractivity contribution in [3.05, 3.63) is 90.3 Å². The molecule has 1 amide bonds. The molecule has 0 spiro atoms. The Bertz CT molecular complexity index is 1450. The van der Waals surface area contributed by atoms with Crippen molar-refractivity contribution in [1.29, 1.82) is 0 Å². The molecule has 0 saturated heterocycles. The van der Waals surface area contributed by atoms with Crippen LogP contribution in [0.15, 0.2) is 88.5 Å². The van der Waals surface area contributed by atoms with Crippen molar-refractivity contribution >= 4 is 28.7 Å². The number of aryl methyl sites for hydroxylation is 1. The van der Waals surface area contributed by atoms with Gasteiger partial charge in [-0.2, -0.15) is 0 Å². The molecule has 0 fully saturated rings. The van der Waals surface area contributed by atoms with E-state index in [1.165, 1.54) is 11.8 Å². The number of rotatable bonds is 8. The minimum atomic E-state index is -0.403. The van der Waals surface area contributed by atoms with Crippen molar-refractivity contribution < 1.29 is 13.9 Å². The lowest BCUT2D eigenvalue weighted by atomic mass is 10.1. The molecule has 0 saturated carbocycles. The fraction of sp³-hybridized carbons (Fsp3) is 0.154. The van der Waals surface area contributed by atoms with E-state index in [0.29, 0.717) is 11.1 Å². The zero-order chi connectivity index (χ0) is 24.2. The molecule has 1 atom stereocenters. The van der Waals surface area contributed by atoms with E-state index in [1.807, 2.05) is 90.5 Å². The molecule has 35 heavy (non-hydrogen) atoms. The Labute approximate surface area is 206 Å². The van der Waals surface area contributed by atoms with Crippen LogP contribution in [-0.2, 0) is 11.8 Å². The van der Waals surface area contributed by atoms with Crippen LogP contribution in [0.2, 0.25) is 0 Å². The lowest BCUT2D eigenvalue weighted by molar-refractivity contribution is -0.119. The molecule has 176 valence electrons. The average molecular weight is 486 g/mol. The quantitative estimate of drug-likeness (QED) is 0.320. The van der Waals surface area contributed by atoms with Crippen molar-refractivity contribution in [2.75, 3.05) is 12.9 Å². The Morgan fingerprint density at radius 1 is 1.03 bits per heavy atom. The van der Waals surface area contributed by atoms with Crippen LogP contribution >= 0.6 is 11.8 Å². The fourth-order valence-corrected chi connectivity index (χ4v) is 4.39. The highest BCUT2D eigenvalue weighted by molar-refractivity contribution is 7.99. The first kappa shape index (κ1) is 22.7. The van der Waals surface area contributed by atoms with Gasteiger partial charge in [0.1, 0.15) is 17.6 Å². The second-order valence-corrected chi connectivity index (χ2v) is 8.75. The maximum Gasteiger partial charge on any atom is 0.277 e. The van der Waals surface area contributed by atoms with Crippen LogP contribution in [0.25, 0.3) is 22.5 Å². The predicted molar refractivity (Wildman–Crippen MR) is 134 cm³/mol. The zero-order valence-electron chi connectivity index (χ0n) is 19.2. The third-order valence-electron chi connectivity index (χ3n) is 5.59. The number of ether oxygens (including phenoxy) is 1. The summed E-state index contributed by atoms with van der Waals surface area (Å²) in [5.74, 6) is 1.85. The third kappa shape index (κ3) is 4.90. The zero-order valence-corrected chi connectivity index (χ0v) is 20.0. The van der Waals surface area contributed by atoms with Crippen molar-refractivity contribution in [3.8, 4) is 17.2 Å². The number of carbonyl (C=O) groups excluding carboxylic acids is 1. The van der Waals surface area contributed by atoms with Crippen molar-refractivity contribution in [3.63, 3.8) is 0 Å². The number of para-hydroxylation sites is 2. The van der Waals surface area contributed by atoms with Crippen LogP contribution < -0.4 is 10.1 Å². The highest BCUT2D eigenvalue weighted by atomic mass is 32.2. The van der Waals surface area contributed by atoms with E-state index < -0.39 is 6.04 Å². The third-order valence-corrected chi connectivity index (χ3v) is 6.41. The molecule has 0 aliphatic carbocycles. The molecule has 2 heterocycles. The first-order valence-electron chi connectivity index (χ1n) is 11.0. The van der Waals surface area contributed by atoms with Gasteiger partial charge in [0.15, 0.2) is 0 Å². The number of imidazole rings is 1. The Morgan fingerprint density at radius 2 is 1.77 bits per heavy atom. The number of hydrogen-bond acceptors (Lipinski definition) is 7. The monoisotopic (exact) mass is 485 g/mol. The minimum absolute atomic E-state index is 0.123. The predicted octanol–water partition coefficient (Wildman–Crippen LogP) is 4.63. The number of thioether (sulfide) groups is 1. The Balaban J connectivity index is 1.31. The van der Waals surface area contributed by atoms with Gasteiger partial charge in [0, 0.05) is 12.6 Å². The molecule has 9 heteroatoms. The van der Waals surface area contributed by atoms with Crippen molar-refractivity contribution in [1.82, 2.24) is 25.1 Å². The van der Waals surface area contributed by atoms with Gasteiger partial charge in [-0.3, -0.25) is 4.79 Å². The standard InChI is InChI=1S/C26H23N5O3S/c1-31-21-11-7-6-10-20(21)27-24(31)23(17-8-4-3-5-9-17)28-22(32)16-35-26-30-29-25(34-26)18-12-14-19(33-2)15-13-18/h3-15,23H,16H2,1-2H3,(H,28,32). The molecule has 1 unspecified atom stereocenters.